The molecule has 110 valence electrons. The highest BCUT2D eigenvalue weighted by Crippen LogP contribution is 2.23. The maximum Gasteiger partial charge on any atom is 0.243 e. The van der Waals surface area contributed by atoms with Gasteiger partial charge >= 0.3 is 0 Å². The first-order valence-electron chi connectivity index (χ1n) is 6.93. The third kappa shape index (κ3) is 3.60. The van der Waals surface area contributed by atoms with Gasteiger partial charge in [-0.1, -0.05) is 37.3 Å². The lowest BCUT2D eigenvalue weighted by Gasteiger charge is -2.32. The molecule has 0 heterocycles. The molecule has 0 saturated heterocycles. The molecule has 0 aliphatic heterocycles. The fraction of sp³-hybridized carbons (Fsp3) is 0.235. The fourth-order valence-corrected chi connectivity index (χ4v) is 2.33. The van der Waals surface area contributed by atoms with Gasteiger partial charge in [0.2, 0.25) is 5.91 Å². The van der Waals surface area contributed by atoms with Crippen molar-refractivity contribution in [2.45, 2.75) is 25.3 Å². The maximum atomic E-state index is 13.0. The summed E-state index contributed by atoms with van der Waals surface area (Å²) in [5.41, 5.74) is 6.44. The number of halogens is 1. The molecule has 2 aromatic carbocycles. The molecule has 0 fully saturated rings. The number of hydrogen-bond acceptors (Lipinski definition) is 2. The first-order chi connectivity index (χ1) is 10.1. The smallest absolute Gasteiger partial charge is 0.243 e. The summed E-state index contributed by atoms with van der Waals surface area (Å²) in [5.74, 6) is -0.733. The van der Waals surface area contributed by atoms with Crippen LogP contribution in [0.2, 0.25) is 0 Å². The lowest BCUT2D eigenvalue weighted by atomic mass is 9.87. The van der Waals surface area contributed by atoms with Crippen LogP contribution in [0.5, 0.6) is 0 Å². The highest BCUT2D eigenvalue weighted by molar-refractivity contribution is 5.88. The monoisotopic (exact) mass is 286 g/mol. The SMILES string of the molecule is CCC(Cc1ccccc1)(Nc1ccc(F)cc1)C(N)=O. The number of nitrogens with two attached hydrogens (primary N) is 1. The summed E-state index contributed by atoms with van der Waals surface area (Å²) in [6.07, 6.45) is 1.02. The van der Waals surface area contributed by atoms with Crippen LogP contribution in [0, 0.1) is 5.82 Å². The Morgan fingerprint density at radius 2 is 1.76 bits per heavy atom. The van der Waals surface area contributed by atoms with E-state index in [1.807, 2.05) is 37.3 Å². The topological polar surface area (TPSA) is 55.1 Å². The number of nitrogens with one attached hydrogen (secondary N) is 1. The lowest BCUT2D eigenvalue weighted by molar-refractivity contribution is -0.122. The van der Waals surface area contributed by atoms with Gasteiger partial charge in [0.15, 0.2) is 0 Å². The van der Waals surface area contributed by atoms with Gasteiger partial charge in [0.1, 0.15) is 11.4 Å². The van der Waals surface area contributed by atoms with Crippen molar-refractivity contribution in [3.8, 4) is 0 Å². The average Bonchev–Trinajstić information content (AvgIpc) is 2.49. The van der Waals surface area contributed by atoms with Crippen LogP contribution in [0.4, 0.5) is 10.1 Å². The minimum Gasteiger partial charge on any atom is -0.371 e. The molecule has 0 aliphatic carbocycles. The van der Waals surface area contributed by atoms with Crippen molar-refractivity contribution in [1.29, 1.82) is 0 Å². The van der Waals surface area contributed by atoms with E-state index in [2.05, 4.69) is 5.32 Å². The van der Waals surface area contributed by atoms with Gasteiger partial charge in [0.25, 0.3) is 0 Å². The van der Waals surface area contributed by atoms with Crippen LogP contribution in [0.25, 0.3) is 0 Å². The normalized spacial score (nSPS) is 13.4. The Balaban J connectivity index is 2.28. The van der Waals surface area contributed by atoms with Crippen LogP contribution < -0.4 is 11.1 Å². The van der Waals surface area contributed by atoms with Crippen LogP contribution in [-0.4, -0.2) is 11.4 Å². The van der Waals surface area contributed by atoms with Gasteiger partial charge in [0, 0.05) is 12.1 Å². The van der Waals surface area contributed by atoms with E-state index in [1.54, 1.807) is 12.1 Å². The van der Waals surface area contributed by atoms with Crippen molar-refractivity contribution < 1.29 is 9.18 Å². The molecule has 1 atom stereocenters. The van der Waals surface area contributed by atoms with E-state index in [-0.39, 0.29) is 5.82 Å². The van der Waals surface area contributed by atoms with Crippen LogP contribution in [-0.2, 0) is 11.2 Å². The molecule has 1 unspecified atom stereocenters. The second-order valence-electron chi connectivity index (χ2n) is 5.09. The summed E-state index contributed by atoms with van der Waals surface area (Å²) in [6, 6.07) is 15.6. The van der Waals surface area contributed by atoms with Crippen molar-refractivity contribution in [2.75, 3.05) is 5.32 Å². The molecule has 0 spiro atoms. The van der Waals surface area contributed by atoms with Crippen molar-refractivity contribution in [1.82, 2.24) is 0 Å². The quantitative estimate of drug-likeness (QED) is 0.857. The molecule has 4 heteroatoms. The van der Waals surface area contributed by atoms with Gasteiger partial charge < -0.3 is 11.1 Å². The molecule has 0 saturated carbocycles. The third-order valence-corrected chi connectivity index (χ3v) is 3.65. The number of carbonyl (C=O) groups is 1. The van der Waals surface area contributed by atoms with Gasteiger partial charge in [-0.25, -0.2) is 4.39 Å². The van der Waals surface area contributed by atoms with E-state index in [0.29, 0.717) is 18.5 Å². The molecule has 1 amide bonds. The zero-order chi connectivity index (χ0) is 15.3. The Labute approximate surface area is 124 Å². The summed E-state index contributed by atoms with van der Waals surface area (Å²) in [5, 5.41) is 3.18. The Bertz CT molecular complexity index is 598. The van der Waals surface area contributed by atoms with Crippen LogP contribution in [0.1, 0.15) is 18.9 Å². The summed E-state index contributed by atoms with van der Waals surface area (Å²) >= 11 is 0. The highest BCUT2D eigenvalue weighted by atomic mass is 19.1. The molecule has 0 aliphatic rings. The van der Waals surface area contributed by atoms with Crippen molar-refractivity contribution in [2.24, 2.45) is 5.73 Å². The minimum atomic E-state index is -0.890. The summed E-state index contributed by atoms with van der Waals surface area (Å²) in [6.45, 7) is 1.91. The van der Waals surface area contributed by atoms with Gasteiger partial charge in [-0.3, -0.25) is 4.79 Å². The Morgan fingerprint density at radius 3 is 2.29 bits per heavy atom. The summed E-state index contributed by atoms with van der Waals surface area (Å²) < 4.78 is 13.0. The summed E-state index contributed by atoms with van der Waals surface area (Å²) in [4.78, 5) is 12.0. The van der Waals surface area contributed by atoms with Crippen molar-refractivity contribution in [3.63, 3.8) is 0 Å². The van der Waals surface area contributed by atoms with Crippen LogP contribution in [0.3, 0.4) is 0 Å². The number of carbonyl (C=O) groups excluding carboxylic acids is 1. The van der Waals surface area contributed by atoms with Crippen LogP contribution >= 0.6 is 0 Å². The van der Waals surface area contributed by atoms with E-state index in [1.165, 1.54) is 12.1 Å². The first kappa shape index (κ1) is 15.0. The maximum absolute atomic E-state index is 13.0. The number of benzene rings is 2. The Morgan fingerprint density at radius 1 is 1.14 bits per heavy atom. The third-order valence-electron chi connectivity index (χ3n) is 3.65. The molecular weight excluding hydrogens is 267 g/mol. The predicted octanol–water partition coefficient (Wildman–Crippen LogP) is 3.11. The molecule has 2 rings (SSSR count). The van der Waals surface area contributed by atoms with E-state index in [9.17, 15) is 9.18 Å². The van der Waals surface area contributed by atoms with Crippen LogP contribution in [0.15, 0.2) is 54.6 Å². The van der Waals surface area contributed by atoms with Crippen molar-refractivity contribution in [3.05, 3.63) is 66.0 Å². The van der Waals surface area contributed by atoms with E-state index in [0.717, 1.165) is 5.56 Å². The number of amides is 1. The average molecular weight is 286 g/mol. The van der Waals surface area contributed by atoms with E-state index < -0.39 is 11.4 Å². The number of anilines is 1. The van der Waals surface area contributed by atoms with Gasteiger partial charge in [0.05, 0.1) is 0 Å². The molecule has 21 heavy (non-hydrogen) atoms. The van der Waals surface area contributed by atoms with Gasteiger partial charge in [-0.05, 0) is 36.2 Å². The zero-order valence-corrected chi connectivity index (χ0v) is 12.0. The highest BCUT2D eigenvalue weighted by Gasteiger charge is 2.34. The zero-order valence-electron chi connectivity index (χ0n) is 12.0. The standard InChI is InChI=1S/C17H19FN2O/c1-2-17(16(19)21,12-13-6-4-3-5-7-13)20-15-10-8-14(18)9-11-15/h3-11,20H,2,12H2,1H3,(H2,19,21). The van der Waals surface area contributed by atoms with Crippen molar-refractivity contribution >= 4 is 11.6 Å². The second-order valence-corrected chi connectivity index (χ2v) is 5.09. The Hall–Kier alpha value is -2.36. The molecule has 3 nitrogen and oxygen atoms in total. The molecule has 0 bridgehead atoms. The summed E-state index contributed by atoms with van der Waals surface area (Å²) in [7, 11) is 0. The van der Waals surface area contributed by atoms with Gasteiger partial charge in [-0.15, -0.1) is 0 Å². The molecular formula is C17H19FN2O. The number of hydrogen-bond donors (Lipinski definition) is 2. The molecule has 2 aromatic rings. The molecule has 3 N–H and O–H groups in total. The molecule has 0 aromatic heterocycles. The van der Waals surface area contributed by atoms with E-state index in [4.69, 9.17) is 5.73 Å². The Kier molecular flexibility index (Phi) is 4.58. The van der Waals surface area contributed by atoms with E-state index >= 15 is 0 Å². The predicted molar refractivity (Wildman–Crippen MR) is 82.4 cm³/mol. The molecule has 0 radical (unpaired) electrons. The van der Waals surface area contributed by atoms with Gasteiger partial charge in [-0.2, -0.15) is 0 Å². The fourth-order valence-electron chi connectivity index (χ4n) is 2.33. The number of primary amides is 1. The number of rotatable bonds is 6. The minimum absolute atomic E-state index is 0.315. The first-order valence-corrected chi connectivity index (χ1v) is 6.93. The second kappa shape index (κ2) is 6.39. The lowest BCUT2D eigenvalue weighted by Crippen LogP contribution is -2.51. The largest absolute Gasteiger partial charge is 0.371 e.